The molecule has 0 aromatic rings. The normalized spacial score (nSPS) is 37.0. The number of likely N-dealkylation sites (tertiary alicyclic amines) is 1. The van der Waals surface area contributed by atoms with E-state index >= 15 is 0 Å². The highest BCUT2D eigenvalue weighted by molar-refractivity contribution is 4.94. The Labute approximate surface area is 67.8 Å². The third-order valence-electron chi connectivity index (χ3n) is 3.15. The van der Waals surface area contributed by atoms with Crippen molar-refractivity contribution in [1.29, 1.82) is 5.26 Å². The molecule has 2 aliphatic rings. The van der Waals surface area contributed by atoms with Crippen molar-refractivity contribution in [2.45, 2.75) is 31.7 Å². The molecule has 2 unspecified atom stereocenters. The number of fused-ring (bicyclic) bond motifs is 1. The Balaban J connectivity index is 1.98. The van der Waals surface area contributed by atoms with Crippen molar-refractivity contribution in [2.75, 3.05) is 13.1 Å². The van der Waals surface area contributed by atoms with Gasteiger partial charge < -0.3 is 0 Å². The van der Waals surface area contributed by atoms with Crippen molar-refractivity contribution in [3.8, 4) is 6.07 Å². The van der Waals surface area contributed by atoms with Gasteiger partial charge in [0, 0.05) is 6.04 Å². The summed E-state index contributed by atoms with van der Waals surface area (Å²) in [5.74, 6) is 0.934. The smallest absolute Gasteiger partial charge is 0.0868 e. The van der Waals surface area contributed by atoms with Crippen molar-refractivity contribution in [3.63, 3.8) is 0 Å². The van der Waals surface area contributed by atoms with E-state index in [9.17, 15) is 0 Å². The molecule has 0 bridgehead atoms. The third-order valence-corrected chi connectivity index (χ3v) is 3.15. The van der Waals surface area contributed by atoms with Crippen LogP contribution in [0, 0.1) is 17.2 Å². The van der Waals surface area contributed by atoms with Gasteiger partial charge in [-0.1, -0.05) is 6.42 Å². The van der Waals surface area contributed by atoms with Crippen molar-refractivity contribution in [2.24, 2.45) is 5.92 Å². The van der Waals surface area contributed by atoms with E-state index in [0.717, 1.165) is 12.0 Å². The molecule has 0 N–H and O–H groups in total. The summed E-state index contributed by atoms with van der Waals surface area (Å²) in [4.78, 5) is 2.36. The quantitative estimate of drug-likeness (QED) is 0.528. The fraction of sp³-hybridized carbons (Fsp3) is 0.889. The van der Waals surface area contributed by atoms with Crippen molar-refractivity contribution in [3.05, 3.63) is 0 Å². The molecule has 2 atom stereocenters. The van der Waals surface area contributed by atoms with E-state index in [0.29, 0.717) is 6.54 Å². The summed E-state index contributed by atoms with van der Waals surface area (Å²) in [7, 11) is 0. The first kappa shape index (κ1) is 7.12. The average molecular weight is 150 g/mol. The van der Waals surface area contributed by atoms with Gasteiger partial charge in [0.05, 0.1) is 12.6 Å². The predicted molar refractivity (Wildman–Crippen MR) is 42.9 cm³/mol. The fourth-order valence-corrected chi connectivity index (χ4v) is 2.62. The fourth-order valence-electron chi connectivity index (χ4n) is 2.62. The van der Waals surface area contributed by atoms with Gasteiger partial charge in [0.1, 0.15) is 0 Å². The molecule has 1 saturated carbocycles. The zero-order chi connectivity index (χ0) is 7.68. The molecular formula is C9H14N2. The summed E-state index contributed by atoms with van der Waals surface area (Å²) in [6.45, 7) is 1.82. The molecular weight excluding hydrogens is 136 g/mol. The van der Waals surface area contributed by atoms with Gasteiger partial charge in [-0.3, -0.25) is 4.90 Å². The second-order valence-electron chi connectivity index (χ2n) is 3.68. The van der Waals surface area contributed by atoms with E-state index in [-0.39, 0.29) is 0 Å². The number of nitrogens with zero attached hydrogens (tertiary/aromatic N) is 2. The number of nitriles is 1. The van der Waals surface area contributed by atoms with Gasteiger partial charge in [0.2, 0.25) is 0 Å². The molecule has 1 aliphatic heterocycles. The lowest BCUT2D eigenvalue weighted by atomic mass is 10.1. The van der Waals surface area contributed by atoms with Crippen molar-refractivity contribution in [1.82, 2.24) is 4.90 Å². The summed E-state index contributed by atoms with van der Waals surface area (Å²) >= 11 is 0. The molecule has 1 aliphatic carbocycles. The van der Waals surface area contributed by atoms with E-state index < -0.39 is 0 Å². The summed E-state index contributed by atoms with van der Waals surface area (Å²) in [5.41, 5.74) is 0. The molecule has 2 fully saturated rings. The summed E-state index contributed by atoms with van der Waals surface area (Å²) in [5, 5.41) is 8.55. The average Bonchev–Trinajstić information content (AvgIpc) is 2.53. The van der Waals surface area contributed by atoms with Crippen molar-refractivity contribution >= 4 is 0 Å². The monoisotopic (exact) mass is 150 g/mol. The summed E-state index contributed by atoms with van der Waals surface area (Å²) in [6, 6.07) is 3.02. The van der Waals surface area contributed by atoms with E-state index in [4.69, 9.17) is 5.26 Å². The second kappa shape index (κ2) is 2.83. The Hall–Kier alpha value is -0.550. The minimum atomic E-state index is 0.654. The van der Waals surface area contributed by atoms with Crippen LogP contribution >= 0.6 is 0 Å². The van der Waals surface area contributed by atoms with Crippen LogP contribution in [-0.2, 0) is 0 Å². The first-order chi connectivity index (χ1) is 5.42. The Morgan fingerprint density at radius 3 is 3.09 bits per heavy atom. The van der Waals surface area contributed by atoms with Crippen LogP contribution in [0.5, 0.6) is 0 Å². The summed E-state index contributed by atoms with van der Waals surface area (Å²) in [6.07, 6.45) is 5.47. The number of rotatable bonds is 1. The van der Waals surface area contributed by atoms with Gasteiger partial charge in [-0.25, -0.2) is 0 Å². The largest absolute Gasteiger partial charge is 0.287 e. The van der Waals surface area contributed by atoms with Crippen LogP contribution in [0.2, 0.25) is 0 Å². The molecule has 1 saturated heterocycles. The maximum absolute atomic E-state index is 8.55. The Kier molecular flexibility index (Phi) is 1.83. The maximum Gasteiger partial charge on any atom is 0.0868 e. The topological polar surface area (TPSA) is 27.0 Å². The standard InChI is InChI=1S/C9H14N2/c10-5-7-11-6-4-8-2-1-3-9(8)11/h8-9H,1-4,6-7H2. The van der Waals surface area contributed by atoms with Gasteiger partial charge in [-0.05, 0) is 31.7 Å². The molecule has 0 amide bonds. The molecule has 0 aromatic carbocycles. The Morgan fingerprint density at radius 2 is 2.27 bits per heavy atom. The van der Waals surface area contributed by atoms with Crippen LogP contribution in [-0.4, -0.2) is 24.0 Å². The van der Waals surface area contributed by atoms with E-state index in [2.05, 4.69) is 11.0 Å². The Bertz CT molecular complexity index is 182. The predicted octanol–water partition coefficient (Wildman–Crippen LogP) is 1.38. The number of hydrogen-bond donors (Lipinski definition) is 0. The van der Waals surface area contributed by atoms with E-state index in [1.807, 2.05) is 0 Å². The highest BCUT2D eigenvalue weighted by atomic mass is 15.2. The molecule has 0 radical (unpaired) electrons. The summed E-state index contributed by atoms with van der Waals surface area (Å²) < 4.78 is 0. The van der Waals surface area contributed by atoms with E-state index in [1.54, 1.807) is 0 Å². The highest BCUT2D eigenvalue weighted by Gasteiger charge is 2.36. The van der Waals surface area contributed by atoms with Crippen LogP contribution in [0.4, 0.5) is 0 Å². The van der Waals surface area contributed by atoms with Crippen LogP contribution in [0.1, 0.15) is 25.7 Å². The molecule has 2 rings (SSSR count). The van der Waals surface area contributed by atoms with Gasteiger partial charge in [-0.2, -0.15) is 5.26 Å². The van der Waals surface area contributed by atoms with Crippen LogP contribution in [0.3, 0.4) is 0 Å². The molecule has 1 heterocycles. The van der Waals surface area contributed by atoms with Gasteiger partial charge in [0.15, 0.2) is 0 Å². The lowest BCUT2D eigenvalue weighted by molar-refractivity contribution is 0.269. The van der Waals surface area contributed by atoms with Gasteiger partial charge >= 0.3 is 0 Å². The minimum Gasteiger partial charge on any atom is -0.287 e. The molecule has 60 valence electrons. The van der Waals surface area contributed by atoms with E-state index in [1.165, 1.54) is 32.2 Å². The van der Waals surface area contributed by atoms with Gasteiger partial charge in [0.25, 0.3) is 0 Å². The SMILES string of the molecule is N#CCN1CCC2CCCC21. The van der Waals surface area contributed by atoms with Crippen molar-refractivity contribution < 1.29 is 0 Å². The van der Waals surface area contributed by atoms with Crippen LogP contribution in [0.15, 0.2) is 0 Å². The molecule has 0 spiro atoms. The first-order valence-corrected chi connectivity index (χ1v) is 4.53. The molecule has 0 aromatic heterocycles. The molecule has 2 heteroatoms. The highest BCUT2D eigenvalue weighted by Crippen LogP contribution is 2.37. The molecule has 2 nitrogen and oxygen atoms in total. The minimum absolute atomic E-state index is 0.654. The first-order valence-electron chi connectivity index (χ1n) is 4.53. The zero-order valence-electron chi connectivity index (χ0n) is 6.79. The second-order valence-corrected chi connectivity index (χ2v) is 3.68. The third kappa shape index (κ3) is 1.14. The number of hydrogen-bond acceptors (Lipinski definition) is 2. The van der Waals surface area contributed by atoms with Crippen LogP contribution in [0.25, 0.3) is 0 Å². The lowest BCUT2D eigenvalue weighted by Crippen LogP contribution is -2.30. The molecule has 11 heavy (non-hydrogen) atoms. The van der Waals surface area contributed by atoms with Crippen LogP contribution < -0.4 is 0 Å². The maximum atomic E-state index is 8.55. The van der Waals surface area contributed by atoms with Gasteiger partial charge in [-0.15, -0.1) is 0 Å². The Morgan fingerprint density at radius 1 is 1.36 bits per heavy atom. The lowest BCUT2D eigenvalue weighted by Gasteiger charge is -2.19. The zero-order valence-corrected chi connectivity index (χ0v) is 6.79.